The Labute approximate surface area is 189 Å². The van der Waals surface area contributed by atoms with Gasteiger partial charge in [0.25, 0.3) is 5.91 Å². The molecule has 0 bridgehead atoms. The van der Waals surface area contributed by atoms with Crippen molar-refractivity contribution >= 4 is 33.7 Å². The van der Waals surface area contributed by atoms with Crippen LogP contribution in [-0.4, -0.2) is 25.4 Å². The Balaban J connectivity index is 1.46. The highest BCUT2D eigenvalue weighted by Gasteiger charge is 2.14. The highest BCUT2D eigenvalue weighted by molar-refractivity contribution is 6.06. The van der Waals surface area contributed by atoms with Crippen LogP contribution < -0.4 is 16.4 Å². The first-order valence-corrected chi connectivity index (χ1v) is 10.4. The van der Waals surface area contributed by atoms with Crippen molar-refractivity contribution in [3.05, 3.63) is 92.5 Å². The normalized spacial score (nSPS) is 11.3. The second-order valence-corrected chi connectivity index (χ2v) is 7.63. The molecule has 2 aromatic heterocycles. The summed E-state index contributed by atoms with van der Waals surface area (Å²) in [7, 11) is 0. The fourth-order valence-corrected chi connectivity index (χ4v) is 3.83. The van der Waals surface area contributed by atoms with Gasteiger partial charge in [0.15, 0.2) is 0 Å². The largest absolute Gasteiger partial charge is 0.338 e. The minimum Gasteiger partial charge on any atom is -0.338 e. The Hall–Kier alpha value is -4.60. The minimum atomic E-state index is -0.762. The monoisotopic (exact) mass is 461 g/mol. The van der Waals surface area contributed by atoms with E-state index in [0.717, 1.165) is 18.2 Å². The zero-order valence-electron chi connectivity index (χ0n) is 17.8. The number of amides is 1. The van der Waals surface area contributed by atoms with Crippen LogP contribution in [0.5, 0.6) is 0 Å². The van der Waals surface area contributed by atoms with Crippen LogP contribution in [0.15, 0.2) is 64.2 Å². The van der Waals surface area contributed by atoms with Gasteiger partial charge in [-0.3, -0.25) is 14.4 Å². The lowest BCUT2D eigenvalue weighted by atomic mass is 10.1. The standard InChI is InChI=1S/C24H17F2N5O3/c1-2-31-20-8-3-12(9-19(20)30-23(33)24(31)34)22(32)27-14-5-7-17-18(11-14)29-21(28-17)15-10-13(25)4-6-16(15)26/h3-11H,2H2,1H3,(H,27,32)(H,28,29)(H,30,33). The summed E-state index contributed by atoms with van der Waals surface area (Å²) in [5, 5.41) is 2.76. The number of halogens is 2. The Morgan fingerprint density at radius 3 is 2.62 bits per heavy atom. The van der Waals surface area contributed by atoms with Crippen molar-refractivity contribution in [2.24, 2.45) is 0 Å². The number of benzene rings is 3. The topological polar surface area (TPSA) is 113 Å². The van der Waals surface area contributed by atoms with Gasteiger partial charge in [-0.05, 0) is 61.5 Å². The molecule has 0 unspecified atom stereocenters. The molecule has 2 heterocycles. The van der Waals surface area contributed by atoms with Crippen LogP contribution in [0.4, 0.5) is 14.5 Å². The zero-order chi connectivity index (χ0) is 24.0. The third-order valence-corrected chi connectivity index (χ3v) is 5.48. The van der Waals surface area contributed by atoms with Crippen molar-refractivity contribution in [2.75, 3.05) is 5.32 Å². The van der Waals surface area contributed by atoms with Crippen LogP contribution >= 0.6 is 0 Å². The molecule has 5 aromatic rings. The molecule has 0 aliphatic rings. The Morgan fingerprint density at radius 2 is 1.82 bits per heavy atom. The van der Waals surface area contributed by atoms with Gasteiger partial charge in [0.2, 0.25) is 0 Å². The lowest BCUT2D eigenvalue weighted by Gasteiger charge is -2.09. The van der Waals surface area contributed by atoms with Crippen molar-refractivity contribution in [2.45, 2.75) is 13.5 Å². The lowest BCUT2D eigenvalue weighted by molar-refractivity contribution is 0.102. The number of aromatic amines is 2. The summed E-state index contributed by atoms with van der Waals surface area (Å²) >= 11 is 0. The van der Waals surface area contributed by atoms with Gasteiger partial charge in [-0.1, -0.05) is 0 Å². The van der Waals surface area contributed by atoms with Crippen LogP contribution in [0.1, 0.15) is 17.3 Å². The average Bonchev–Trinajstić information content (AvgIpc) is 3.24. The van der Waals surface area contributed by atoms with Crippen molar-refractivity contribution < 1.29 is 13.6 Å². The first kappa shape index (κ1) is 21.3. The van der Waals surface area contributed by atoms with E-state index in [4.69, 9.17) is 0 Å². The molecule has 34 heavy (non-hydrogen) atoms. The zero-order valence-corrected chi connectivity index (χ0v) is 17.8. The number of aromatic nitrogens is 4. The number of nitrogens with one attached hydrogen (secondary N) is 3. The van der Waals surface area contributed by atoms with Crippen LogP contribution in [0.2, 0.25) is 0 Å². The molecular formula is C24H17F2N5O3. The summed E-state index contributed by atoms with van der Waals surface area (Å²) in [6.07, 6.45) is 0. The van der Waals surface area contributed by atoms with Gasteiger partial charge in [0.05, 0.1) is 27.6 Å². The summed E-state index contributed by atoms with van der Waals surface area (Å²) < 4.78 is 29.0. The third-order valence-electron chi connectivity index (χ3n) is 5.48. The van der Waals surface area contributed by atoms with Crippen LogP contribution in [-0.2, 0) is 6.54 Å². The van der Waals surface area contributed by atoms with E-state index in [-0.39, 0.29) is 17.0 Å². The maximum absolute atomic E-state index is 14.1. The fourth-order valence-electron chi connectivity index (χ4n) is 3.83. The maximum atomic E-state index is 14.1. The number of nitrogens with zero attached hydrogens (tertiary/aromatic N) is 2. The molecule has 0 fully saturated rings. The third kappa shape index (κ3) is 3.64. The van der Waals surface area contributed by atoms with Gasteiger partial charge >= 0.3 is 11.1 Å². The predicted octanol–water partition coefficient (Wildman–Crippen LogP) is 3.78. The molecule has 0 spiro atoms. The van der Waals surface area contributed by atoms with Gasteiger partial charge in [-0.25, -0.2) is 13.8 Å². The van der Waals surface area contributed by atoms with Crippen LogP contribution in [0.3, 0.4) is 0 Å². The number of hydrogen-bond acceptors (Lipinski definition) is 4. The van der Waals surface area contributed by atoms with Crippen LogP contribution in [0, 0.1) is 11.6 Å². The van der Waals surface area contributed by atoms with E-state index in [9.17, 15) is 23.2 Å². The Kier molecular flexibility index (Phi) is 5.05. The van der Waals surface area contributed by atoms with Crippen molar-refractivity contribution in [3.8, 4) is 11.4 Å². The molecule has 1 amide bonds. The molecule has 10 heteroatoms. The van der Waals surface area contributed by atoms with Gasteiger partial charge in [0, 0.05) is 17.8 Å². The van der Waals surface area contributed by atoms with E-state index in [1.54, 1.807) is 37.3 Å². The number of fused-ring (bicyclic) bond motifs is 2. The van der Waals surface area contributed by atoms with Gasteiger partial charge in [-0.15, -0.1) is 0 Å². The van der Waals surface area contributed by atoms with E-state index in [1.807, 2.05) is 0 Å². The molecule has 8 nitrogen and oxygen atoms in total. The minimum absolute atomic E-state index is 0.00232. The predicted molar refractivity (Wildman–Crippen MR) is 124 cm³/mol. The highest BCUT2D eigenvalue weighted by Crippen LogP contribution is 2.26. The van der Waals surface area contributed by atoms with Gasteiger partial charge in [-0.2, -0.15) is 0 Å². The summed E-state index contributed by atoms with van der Waals surface area (Å²) in [5.74, 6) is -1.47. The summed E-state index contributed by atoms with van der Waals surface area (Å²) in [5.41, 5.74) is 1.21. The highest BCUT2D eigenvalue weighted by atomic mass is 19.1. The molecule has 170 valence electrons. The number of anilines is 1. The molecule has 5 rings (SSSR count). The second-order valence-electron chi connectivity index (χ2n) is 7.63. The first-order chi connectivity index (χ1) is 16.3. The number of hydrogen-bond donors (Lipinski definition) is 3. The van der Waals surface area contributed by atoms with Crippen molar-refractivity contribution in [1.29, 1.82) is 0 Å². The SMILES string of the molecule is CCn1c(=O)c(=O)[nH]c2cc(C(=O)Nc3ccc4nc(-c5cc(F)ccc5F)[nH]c4c3)ccc21. The molecule has 3 aromatic carbocycles. The first-order valence-electron chi connectivity index (χ1n) is 10.4. The second kappa shape index (κ2) is 8.07. The van der Waals surface area contributed by atoms with Crippen molar-refractivity contribution in [1.82, 2.24) is 19.5 Å². The molecular weight excluding hydrogens is 444 g/mol. The quantitative estimate of drug-likeness (QED) is 0.354. The molecule has 3 N–H and O–H groups in total. The van der Waals surface area contributed by atoms with E-state index in [2.05, 4.69) is 20.3 Å². The van der Waals surface area contributed by atoms with E-state index in [1.165, 1.54) is 10.6 Å². The number of carbonyl (C=O) groups is 1. The molecule has 0 aliphatic heterocycles. The number of imidazole rings is 1. The lowest BCUT2D eigenvalue weighted by Crippen LogP contribution is -2.36. The van der Waals surface area contributed by atoms with E-state index >= 15 is 0 Å². The summed E-state index contributed by atoms with van der Waals surface area (Å²) in [6.45, 7) is 2.07. The van der Waals surface area contributed by atoms with E-state index < -0.39 is 28.7 Å². The molecule has 0 saturated heterocycles. The molecule has 0 saturated carbocycles. The number of carbonyl (C=O) groups excluding carboxylic acids is 1. The summed E-state index contributed by atoms with van der Waals surface area (Å²) in [6, 6.07) is 12.7. The molecule has 0 radical (unpaired) electrons. The number of aryl methyl sites for hydroxylation is 1. The Morgan fingerprint density at radius 1 is 1.00 bits per heavy atom. The van der Waals surface area contributed by atoms with Gasteiger partial charge in [0.1, 0.15) is 17.5 Å². The van der Waals surface area contributed by atoms with Crippen molar-refractivity contribution in [3.63, 3.8) is 0 Å². The van der Waals surface area contributed by atoms with E-state index in [0.29, 0.717) is 34.3 Å². The Bertz CT molecular complexity index is 1720. The average molecular weight is 461 g/mol. The summed E-state index contributed by atoms with van der Waals surface area (Å²) in [4.78, 5) is 46.5. The molecule has 0 aliphatic carbocycles. The number of rotatable bonds is 4. The van der Waals surface area contributed by atoms with Crippen LogP contribution in [0.25, 0.3) is 33.5 Å². The number of H-pyrrole nitrogens is 2. The smallest absolute Gasteiger partial charge is 0.316 e. The molecule has 0 atom stereocenters. The fraction of sp³-hybridized carbons (Fsp3) is 0.0833. The maximum Gasteiger partial charge on any atom is 0.316 e. The van der Waals surface area contributed by atoms with Gasteiger partial charge < -0.3 is 19.9 Å².